The first-order valence-corrected chi connectivity index (χ1v) is 11.0. The molecule has 166 valence electrons. The highest BCUT2D eigenvalue weighted by Crippen LogP contribution is 2.24. The monoisotopic (exact) mass is 445 g/mol. The molecule has 0 atom stereocenters. The summed E-state index contributed by atoms with van der Waals surface area (Å²) in [6, 6.07) is 23.4. The minimum Gasteiger partial charge on any atom is -0.454 e. The fourth-order valence-electron chi connectivity index (χ4n) is 3.43. The highest BCUT2D eigenvalue weighted by Gasteiger charge is 2.12. The SMILES string of the molecule is CC(C)(C)ON=c1cc(-c2cc3ccccc3cn2)oc2cc(C#Cc3ccccn3)ccc12. The van der Waals surface area contributed by atoms with Gasteiger partial charge in [-0.1, -0.05) is 41.4 Å². The average Bonchev–Trinajstić information content (AvgIpc) is 2.85. The third kappa shape index (κ3) is 4.82. The first kappa shape index (κ1) is 21.4. The molecule has 5 aromatic rings. The average molecular weight is 446 g/mol. The van der Waals surface area contributed by atoms with E-state index in [4.69, 9.17) is 9.25 Å². The van der Waals surface area contributed by atoms with E-state index >= 15 is 0 Å². The van der Waals surface area contributed by atoms with Crippen molar-refractivity contribution >= 4 is 21.7 Å². The highest BCUT2D eigenvalue weighted by atomic mass is 16.6. The molecule has 0 aliphatic heterocycles. The van der Waals surface area contributed by atoms with E-state index in [1.54, 1.807) is 6.20 Å². The van der Waals surface area contributed by atoms with E-state index < -0.39 is 5.60 Å². The third-order valence-corrected chi connectivity index (χ3v) is 5.05. The Balaban J connectivity index is 1.66. The summed E-state index contributed by atoms with van der Waals surface area (Å²) in [4.78, 5) is 14.6. The normalized spacial score (nSPS) is 11.9. The zero-order valence-corrected chi connectivity index (χ0v) is 19.2. The van der Waals surface area contributed by atoms with E-state index in [1.165, 1.54) is 0 Å². The molecule has 0 aliphatic rings. The lowest BCUT2D eigenvalue weighted by Gasteiger charge is -2.15. The van der Waals surface area contributed by atoms with Crippen LogP contribution in [0.4, 0.5) is 0 Å². The first-order chi connectivity index (χ1) is 16.4. The zero-order valence-electron chi connectivity index (χ0n) is 19.2. The molecule has 0 spiro atoms. The summed E-state index contributed by atoms with van der Waals surface area (Å²) < 4.78 is 6.30. The van der Waals surface area contributed by atoms with Crippen molar-refractivity contribution in [2.75, 3.05) is 0 Å². The van der Waals surface area contributed by atoms with E-state index in [2.05, 4.69) is 33.0 Å². The summed E-state index contributed by atoms with van der Waals surface area (Å²) in [5.41, 5.74) is 2.47. The van der Waals surface area contributed by atoms with Crippen LogP contribution in [0.25, 0.3) is 33.2 Å². The van der Waals surface area contributed by atoms with Crippen molar-refractivity contribution in [2.45, 2.75) is 26.4 Å². The van der Waals surface area contributed by atoms with Crippen LogP contribution in [0, 0.1) is 11.8 Å². The Bertz CT molecular complexity index is 1620. The van der Waals surface area contributed by atoms with Gasteiger partial charge in [-0.25, -0.2) is 4.98 Å². The molecule has 34 heavy (non-hydrogen) atoms. The van der Waals surface area contributed by atoms with E-state index in [9.17, 15) is 0 Å². The Labute approximate surface area is 197 Å². The van der Waals surface area contributed by atoms with Gasteiger partial charge in [-0.15, -0.1) is 0 Å². The summed E-state index contributed by atoms with van der Waals surface area (Å²) in [5.74, 6) is 6.85. The Morgan fingerprint density at radius 3 is 2.47 bits per heavy atom. The van der Waals surface area contributed by atoms with Gasteiger partial charge in [0.2, 0.25) is 0 Å². The van der Waals surface area contributed by atoms with Crippen LogP contribution in [0.3, 0.4) is 0 Å². The number of fused-ring (bicyclic) bond motifs is 2. The van der Waals surface area contributed by atoms with Crippen LogP contribution in [0.5, 0.6) is 0 Å². The summed E-state index contributed by atoms with van der Waals surface area (Å²) >= 11 is 0. The van der Waals surface area contributed by atoms with Crippen LogP contribution in [-0.4, -0.2) is 15.6 Å². The van der Waals surface area contributed by atoms with Crippen LogP contribution in [-0.2, 0) is 4.84 Å². The van der Waals surface area contributed by atoms with Crippen LogP contribution in [0.2, 0.25) is 0 Å². The summed E-state index contributed by atoms with van der Waals surface area (Å²) in [5, 5.41) is 8.10. The standard InChI is InChI=1S/C29H23N3O2/c1-29(2,3)34-32-25-18-28(26-17-21-8-4-5-9-22(21)19-31-26)33-27-16-20(12-14-24(25)27)11-13-23-10-6-7-15-30-23/h4-10,12,14-19H,1-3H3. The molecular formula is C29H23N3O2. The molecule has 5 heteroatoms. The molecule has 0 amide bonds. The van der Waals surface area contributed by atoms with E-state index in [0.29, 0.717) is 22.4 Å². The smallest absolute Gasteiger partial charge is 0.155 e. The molecule has 0 radical (unpaired) electrons. The van der Waals surface area contributed by atoms with Gasteiger partial charge in [0.05, 0.1) is 0 Å². The molecule has 3 heterocycles. The fourth-order valence-corrected chi connectivity index (χ4v) is 3.43. The maximum atomic E-state index is 6.30. The second kappa shape index (κ2) is 8.84. The van der Waals surface area contributed by atoms with Crippen molar-refractivity contribution in [1.82, 2.24) is 9.97 Å². The van der Waals surface area contributed by atoms with Gasteiger partial charge in [-0.3, -0.25) is 4.98 Å². The Morgan fingerprint density at radius 2 is 1.68 bits per heavy atom. The molecule has 0 saturated carbocycles. The van der Waals surface area contributed by atoms with E-state index in [0.717, 1.165) is 27.4 Å². The van der Waals surface area contributed by atoms with Crippen LogP contribution in [0.15, 0.2) is 94.8 Å². The van der Waals surface area contributed by atoms with Crippen LogP contribution in [0.1, 0.15) is 32.0 Å². The molecule has 5 nitrogen and oxygen atoms in total. The van der Waals surface area contributed by atoms with Crippen molar-refractivity contribution in [1.29, 1.82) is 0 Å². The van der Waals surface area contributed by atoms with E-state index in [-0.39, 0.29) is 0 Å². The number of nitrogens with zero attached hydrogens (tertiary/aromatic N) is 3. The Hall–Kier alpha value is -4.43. The van der Waals surface area contributed by atoms with Crippen molar-refractivity contribution in [2.24, 2.45) is 5.16 Å². The molecule has 3 aromatic heterocycles. The molecule has 0 fully saturated rings. The summed E-state index contributed by atoms with van der Waals surface area (Å²) in [6.45, 7) is 5.88. The molecule has 0 bridgehead atoms. The molecule has 0 N–H and O–H groups in total. The minimum atomic E-state index is -0.422. The van der Waals surface area contributed by atoms with Crippen molar-refractivity contribution in [3.05, 3.63) is 102 Å². The predicted molar refractivity (Wildman–Crippen MR) is 134 cm³/mol. The van der Waals surface area contributed by atoms with Gasteiger partial charge < -0.3 is 9.25 Å². The number of hydrogen-bond acceptors (Lipinski definition) is 5. The third-order valence-electron chi connectivity index (χ3n) is 5.05. The van der Waals surface area contributed by atoms with Gasteiger partial charge >= 0.3 is 0 Å². The van der Waals surface area contributed by atoms with Gasteiger partial charge in [0.15, 0.2) is 5.76 Å². The van der Waals surface area contributed by atoms with Gasteiger partial charge in [-0.2, -0.15) is 0 Å². The van der Waals surface area contributed by atoms with Gasteiger partial charge in [-0.05, 0) is 68.5 Å². The molecule has 5 rings (SSSR count). The Kier molecular flexibility index (Phi) is 5.57. The van der Waals surface area contributed by atoms with Crippen LogP contribution >= 0.6 is 0 Å². The summed E-state index contributed by atoms with van der Waals surface area (Å²) in [6.07, 6.45) is 3.58. The molecule has 0 saturated heterocycles. The van der Waals surface area contributed by atoms with Crippen molar-refractivity contribution in [3.8, 4) is 23.3 Å². The quantitative estimate of drug-likeness (QED) is 0.244. The second-order valence-electron chi connectivity index (χ2n) is 8.88. The lowest BCUT2D eigenvalue weighted by Crippen LogP contribution is -2.18. The van der Waals surface area contributed by atoms with Crippen LogP contribution < -0.4 is 5.36 Å². The van der Waals surface area contributed by atoms with E-state index in [1.807, 2.05) is 93.7 Å². The molecule has 0 aliphatic carbocycles. The van der Waals surface area contributed by atoms with Crippen molar-refractivity contribution in [3.63, 3.8) is 0 Å². The number of pyridine rings is 2. The zero-order chi connectivity index (χ0) is 23.5. The fraction of sp³-hybridized carbons (Fsp3) is 0.138. The van der Waals surface area contributed by atoms with Gasteiger partial charge in [0.1, 0.15) is 27.9 Å². The maximum Gasteiger partial charge on any atom is 0.155 e. The number of hydrogen-bond donors (Lipinski definition) is 0. The predicted octanol–water partition coefficient (Wildman–Crippen LogP) is 6.07. The van der Waals surface area contributed by atoms with Gasteiger partial charge in [0.25, 0.3) is 0 Å². The topological polar surface area (TPSA) is 60.5 Å². The largest absolute Gasteiger partial charge is 0.454 e. The lowest BCUT2D eigenvalue weighted by atomic mass is 10.1. The number of rotatable bonds is 2. The highest BCUT2D eigenvalue weighted by molar-refractivity contribution is 5.85. The Morgan fingerprint density at radius 1 is 0.853 bits per heavy atom. The number of aromatic nitrogens is 2. The van der Waals surface area contributed by atoms with Crippen molar-refractivity contribution < 1.29 is 9.25 Å². The molecule has 0 unspecified atom stereocenters. The van der Waals surface area contributed by atoms with Gasteiger partial charge in [0, 0.05) is 34.8 Å². The first-order valence-electron chi connectivity index (χ1n) is 11.0. The second-order valence-corrected chi connectivity index (χ2v) is 8.88. The number of benzene rings is 2. The summed E-state index contributed by atoms with van der Waals surface area (Å²) in [7, 11) is 0. The lowest BCUT2D eigenvalue weighted by molar-refractivity contribution is -0.00585. The molecular weight excluding hydrogens is 422 g/mol. The maximum absolute atomic E-state index is 6.30. The molecule has 2 aromatic carbocycles. The minimum absolute atomic E-state index is 0.422.